The molecule has 0 rings (SSSR count). The molecule has 0 bridgehead atoms. The highest BCUT2D eigenvalue weighted by Gasteiger charge is 2.27. The third kappa shape index (κ3) is 7.99. The Balaban J connectivity index is 4.35. The van der Waals surface area contributed by atoms with Gasteiger partial charge in [0, 0.05) is 19.1 Å². The predicted octanol–water partition coefficient (Wildman–Crippen LogP) is 1.37. The highest BCUT2D eigenvalue weighted by molar-refractivity contribution is 5.77. The smallest absolute Gasteiger partial charge is 0.315 e. The average molecular weight is 287 g/mol. The summed E-state index contributed by atoms with van der Waals surface area (Å²) in [5.41, 5.74) is -0.966. The standard InChI is InChI=1S/C14H29N3O3/c1-10(2)7-11(8-17(5)6)16-13(20)15-9-14(3,4)12(18)19/h10-11H,7-9H2,1-6H3,(H,18,19)(H2,15,16,20). The van der Waals surface area contributed by atoms with E-state index >= 15 is 0 Å². The summed E-state index contributed by atoms with van der Waals surface area (Å²) < 4.78 is 0. The van der Waals surface area contributed by atoms with Crippen LogP contribution in [0.2, 0.25) is 0 Å². The number of aliphatic carboxylic acids is 1. The van der Waals surface area contributed by atoms with Crippen LogP contribution in [0.25, 0.3) is 0 Å². The van der Waals surface area contributed by atoms with Gasteiger partial charge in [0.15, 0.2) is 0 Å². The number of carboxylic acids is 1. The van der Waals surface area contributed by atoms with Crippen molar-refractivity contribution >= 4 is 12.0 Å². The Labute approximate surface area is 121 Å². The quantitative estimate of drug-likeness (QED) is 0.630. The van der Waals surface area contributed by atoms with Gasteiger partial charge >= 0.3 is 12.0 Å². The Morgan fingerprint density at radius 2 is 1.80 bits per heavy atom. The van der Waals surface area contributed by atoms with Gasteiger partial charge in [-0.25, -0.2) is 4.79 Å². The number of nitrogens with zero attached hydrogens (tertiary/aromatic N) is 1. The molecular formula is C14H29N3O3. The number of hydrogen-bond donors (Lipinski definition) is 3. The molecule has 2 amide bonds. The highest BCUT2D eigenvalue weighted by Crippen LogP contribution is 2.13. The first-order chi connectivity index (χ1) is 9.04. The van der Waals surface area contributed by atoms with Crippen LogP contribution >= 0.6 is 0 Å². The van der Waals surface area contributed by atoms with Crippen molar-refractivity contribution in [2.24, 2.45) is 11.3 Å². The van der Waals surface area contributed by atoms with Crippen LogP contribution in [0.1, 0.15) is 34.1 Å². The van der Waals surface area contributed by atoms with E-state index in [2.05, 4.69) is 24.5 Å². The Morgan fingerprint density at radius 3 is 2.20 bits per heavy atom. The van der Waals surface area contributed by atoms with E-state index in [1.54, 1.807) is 13.8 Å². The lowest BCUT2D eigenvalue weighted by Gasteiger charge is -2.25. The zero-order valence-electron chi connectivity index (χ0n) is 13.5. The molecule has 6 heteroatoms. The number of carbonyl (C=O) groups is 2. The van der Waals surface area contributed by atoms with E-state index in [-0.39, 0.29) is 18.6 Å². The average Bonchev–Trinajstić information content (AvgIpc) is 2.24. The minimum absolute atomic E-state index is 0.0536. The number of amides is 2. The molecule has 0 aromatic rings. The van der Waals surface area contributed by atoms with E-state index < -0.39 is 11.4 Å². The molecule has 0 spiro atoms. The topological polar surface area (TPSA) is 81.7 Å². The molecule has 20 heavy (non-hydrogen) atoms. The number of nitrogens with one attached hydrogen (secondary N) is 2. The van der Waals surface area contributed by atoms with E-state index in [9.17, 15) is 9.59 Å². The zero-order chi connectivity index (χ0) is 15.9. The van der Waals surface area contributed by atoms with Crippen LogP contribution in [-0.2, 0) is 4.79 Å². The zero-order valence-corrected chi connectivity index (χ0v) is 13.5. The molecule has 0 aromatic heterocycles. The van der Waals surface area contributed by atoms with Gasteiger partial charge in [0.1, 0.15) is 0 Å². The SMILES string of the molecule is CC(C)CC(CN(C)C)NC(=O)NCC(C)(C)C(=O)O. The van der Waals surface area contributed by atoms with Crippen molar-refractivity contribution in [3.05, 3.63) is 0 Å². The molecule has 0 aliphatic rings. The van der Waals surface area contributed by atoms with Gasteiger partial charge in [-0.2, -0.15) is 0 Å². The fourth-order valence-corrected chi connectivity index (χ4v) is 1.80. The third-order valence-corrected chi connectivity index (χ3v) is 2.95. The maximum absolute atomic E-state index is 11.9. The first-order valence-electron chi connectivity index (χ1n) is 6.97. The van der Waals surface area contributed by atoms with Crippen molar-refractivity contribution < 1.29 is 14.7 Å². The van der Waals surface area contributed by atoms with Gasteiger partial charge in [0.25, 0.3) is 0 Å². The number of carboxylic acid groups (broad SMARTS) is 1. The molecule has 1 unspecified atom stereocenters. The third-order valence-electron chi connectivity index (χ3n) is 2.95. The lowest BCUT2D eigenvalue weighted by molar-refractivity contribution is -0.146. The normalized spacial score (nSPS) is 13.4. The molecule has 118 valence electrons. The van der Waals surface area contributed by atoms with Crippen molar-refractivity contribution in [3.63, 3.8) is 0 Å². The van der Waals surface area contributed by atoms with E-state index in [0.717, 1.165) is 13.0 Å². The Morgan fingerprint density at radius 1 is 1.25 bits per heavy atom. The lowest BCUT2D eigenvalue weighted by atomic mass is 9.94. The molecule has 0 aliphatic heterocycles. The summed E-state index contributed by atoms with van der Waals surface area (Å²) in [4.78, 5) is 24.8. The Bertz CT molecular complexity index is 318. The summed E-state index contributed by atoms with van der Waals surface area (Å²) >= 11 is 0. The van der Waals surface area contributed by atoms with Crippen LogP contribution in [0.15, 0.2) is 0 Å². The van der Waals surface area contributed by atoms with E-state index in [4.69, 9.17) is 5.11 Å². The molecule has 0 aromatic carbocycles. The minimum atomic E-state index is -0.966. The minimum Gasteiger partial charge on any atom is -0.481 e. The van der Waals surface area contributed by atoms with Crippen LogP contribution in [0, 0.1) is 11.3 Å². The lowest BCUT2D eigenvalue weighted by Crippen LogP contribution is -2.49. The van der Waals surface area contributed by atoms with E-state index in [1.807, 2.05) is 19.0 Å². The second-order valence-electron chi connectivity index (χ2n) is 6.60. The number of likely N-dealkylation sites (N-methyl/N-ethyl adjacent to an activating group) is 1. The first kappa shape index (κ1) is 18.7. The molecular weight excluding hydrogens is 258 g/mol. The van der Waals surface area contributed by atoms with Gasteiger partial charge in [-0.3, -0.25) is 4.79 Å². The number of carbonyl (C=O) groups excluding carboxylic acids is 1. The summed E-state index contributed by atoms with van der Waals surface area (Å²) in [5.74, 6) is -0.444. The van der Waals surface area contributed by atoms with Gasteiger partial charge in [-0.15, -0.1) is 0 Å². The van der Waals surface area contributed by atoms with Crippen molar-refractivity contribution in [2.45, 2.75) is 40.2 Å². The first-order valence-corrected chi connectivity index (χ1v) is 6.97. The second kappa shape index (κ2) is 8.09. The molecule has 0 radical (unpaired) electrons. The fourth-order valence-electron chi connectivity index (χ4n) is 1.80. The van der Waals surface area contributed by atoms with Crippen molar-refractivity contribution in [3.8, 4) is 0 Å². The number of urea groups is 1. The summed E-state index contributed by atoms with van der Waals surface area (Å²) in [6, 6.07) is -0.259. The molecule has 1 atom stereocenters. The van der Waals surface area contributed by atoms with Crippen LogP contribution in [0.4, 0.5) is 4.79 Å². The summed E-state index contributed by atoms with van der Waals surface area (Å²) in [6.07, 6.45) is 0.883. The summed E-state index contributed by atoms with van der Waals surface area (Å²) in [6.45, 7) is 8.24. The van der Waals surface area contributed by atoms with Crippen LogP contribution in [0.5, 0.6) is 0 Å². The molecule has 6 nitrogen and oxygen atoms in total. The number of rotatable bonds is 8. The molecule has 0 fully saturated rings. The molecule has 0 aliphatic carbocycles. The van der Waals surface area contributed by atoms with Gasteiger partial charge in [-0.05, 0) is 40.3 Å². The van der Waals surface area contributed by atoms with Crippen LogP contribution in [-0.4, -0.2) is 55.2 Å². The Hall–Kier alpha value is -1.30. The van der Waals surface area contributed by atoms with Gasteiger partial charge in [0.05, 0.1) is 5.41 Å². The monoisotopic (exact) mass is 287 g/mol. The van der Waals surface area contributed by atoms with Crippen molar-refractivity contribution in [1.82, 2.24) is 15.5 Å². The molecule has 3 N–H and O–H groups in total. The highest BCUT2D eigenvalue weighted by atomic mass is 16.4. The molecule has 0 saturated carbocycles. The number of hydrogen-bond acceptors (Lipinski definition) is 3. The molecule has 0 saturated heterocycles. The molecule has 0 heterocycles. The van der Waals surface area contributed by atoms with Crippen LogP contribution < -0.4 is 10.6 Å². The maximum Gasteiger partial charge on any atom is 0.315 e. The van der Waals surface area contributed by atoms with E-state index in [1.165, 1.54) is 0 Å². The predicted molar refractivity (Wildman–Crippen MR) is 79.7 cm³/mol. The fraction of sp³-hybridized carbons (Fsp3) is 0.857. The van der Waals surface area contributed by atoms with Gasteiger partial charge in [0.2, 0.25) is 0 Å². The largest absolute Gasteiger partial charge is 0.481 e. The van der Waals surface area contributed by atoms with Crippen molar-refractivity contribution in [1.29, 1.82) is 0 Å². The van der Waals surface area contributed by atoms with Crippen molar-refractivity contribution in [2.75, 3.05) is 27.2 Å². The second-order valence-corrected chi connectivity index (χ2v) is 6.60. The van der Waals surface area contributed by atoms with E-state index in [0.29, 0.717) is 5.92 Å². The van der Waals surface area contributed by atoms with Gasteiger partial charge < -0.3 is 20.6 Å². The summed E-state index contributed by atoms with van der Waals surface area (Å²) in [5, 5.41) is 14.5. The summed E-state index contributed by atoms with van der Waals surface area (Å²) in [7, 11) is 3.92. The van der Waals surface area contributed by atoms with Crippen LogP contribution in [0.3, 0.4) is 0 Å². The Kier molecular flexibility index (Phi) is 7.57. The maximum atomic E-state index is 11.9. The van der Waals surface area contributed by atoms with Gasteiger partial charge in [-0.1, -0.05) is 13.8 Å².